The molecule has 0 saturated heterocycles. The van der Waals surface area contributed by atoms with Crippen LogP contribution in [-0.2, 0) is 4.79 Å². The van der Waals surface area contributed by atoms with E-state index in [-0.39, 0.29) is 5.92 Å². The zero-order valence-electron chi connectivity index (χ0n) is 9.58. The van der Waals surface area contributed by atoms with Gasteiger partial charge in [-0.25, -0.2) is 0 Å². The van der Waals surface area contributed by atoms with Crippen molar-refractivity contribution in [1.82, 2.24) is 0 Å². The molecule has 1 heteroatoms. The second-order valence-electron chi connectivity index (χ2n) is 4.67. The summed E-state index contributed by atoms with van der Waals surface area (Å²) >= 11 is 0. The Hall–Kier alpha value is -0.850. The van der Waals surface area contributed by atoms with Crippen molar-refractivity contribution in [3.05, 3.63) is 23.3 Å². The Morgan fingerprint density at radius 2 is 2.14 bits per heavy atom. The maximum atomic E-state index is 10.9. The number of hydrogen-bond donors (Lipinski definition) is 0. The molecule has 0 unspecified atom stereocenters. The lowest BCUT2D eigenvalue weighted by molar-refractivity contribution is -0.112. The van der Waals surface area contributed by atoms with Gasteiger partial charge in [-0.05, 0) is 33.1 Å². The van der Waals surface area contributed by atoms with E-state index >= 15 is 0 Å². The van der Waals surface area contributed by atoms with Crippen molar-refractivity contribution < 1.29 is 4.79 Å². The van der Waals surface area contributed by atoms with E-state index in [1.54, 1.807) is 0 Å². The van der Waals surface area contributed by atoms with Gasteiger partial charge in [0.2, 0.25) is 0 Å². The summed E-state index contributed by atoms with van der Waals surface area (Å²) in [5.74, 6) is 1.07. The topological polar surface area (TPSA) is 17.1 Å². The van der Waals surface area contributed by atoms with E-state index in [0.29, 0.717) is 11.8 Å². The summed E-state index contributed by atoms with van der Waals surface area (Å²) in [7, 11) is 0. The van der Waals surface area contributed by atoms with E-state index < -0.39 is 0 Å². The molecule has 0 spiro atoms. The standard InChI is InChI=1S/C13H20O/c1-9(2)5-12-6-10(3)11(4)7-13(12)8-14/h5-6,8,11-13H,7H2,1-4H3/t11-,12-,13-/m0/s1. The molecule has 1 rings (SSSR count). The first kappa shape index (κ1) is 11.2. The predicted molar refractivity (Wildman–Crippen MR) is 60.0 cm³/mol. The lowest BCUT2D eigenvalue weighted by Crippen LogP contribution is -2.22. The average molecular weight is 192 g/mol. The van der Waals surface area contributed by atoms with Crippen molar-refractivity contribution in [2.75, 3.05) is 0 Å². The second kappa shape index (κ2) is 4.59. The Kier molecular flexibility index (Phi) is 3.68. The molecule has 0 fully saturated rings. The molecule has 0 amide bonds. The van der Waals surface area contributed by atoms with Crippen LogP contribution < -0.4 is 0 Å². The largest absolute Gasteiger partial charge is 0.303 e. The zero-order chi connectivity index (χ0) is 10.7. The number of hydrogen-bond acceptors (Lipinski definition) is 1. The number of carbonyl (C=O) groups is 1. The van der Waals surface area contributed by atoms with E-state index in [1.807, 2.05) is 0 Å². The van der Waals surface area contributed by atoms with Crippen LogP contribution in [0.4, 0.5) is 0 Å². The highest BCUT2D eigenvalue weighted by Gasteiger charge is 2.25. The SMILES string of the molecule is CC(C)=C[C@H]1C=C(C)[C@@H](C)C[C@H]1C=O. The van der Waals surface area contributed by atoms with Crippen molar-refractivity contribution in [2.24, 2.45) is 17.8 Å². The molecular weight excluding hydrogens is 172 g/mol. The highest BCUT2D eigenvalue weighted by Crippen LogP contribution is 2.32. The van der Waals surface area contributed by atoms with Crippen LogP contribution in [0.1, 0.15) is 34.1 Å². The molecule has 1 nitrogen and oxygen atoms in total. The van der Waals surface area contributed by atoms with E-state index in [4.69, 9.17) is 0 Å². The second-order valence-corrected chi connectivity index (χ2v) is 4.67. The third-order valence-electron chi connectivity index (χ3n) is 3.05. The van der Waals surface area contributed by atoms with Gasteiger partial charge in [0.05, 0.1) is 0 Å². The summed E-state index contributed by atoms with van der Waals surface area (Å²) in [6, 6.07) is 0. The molecule has 0 radical (unpaired) electrons. The van der Waals surface area contributed by atoms with Crippen LogP contribution in [0.25, 0.3) is 0 Å². The number of aldehydes is 1. The van der Waals surface area contributed by atoms with Crippen molar-refractivity contribution in [1.29, 1.82) is 0 Å². The maximum Gasteiger partial charge on any atom is 0.123 e. The van der Waals surface area contributed by atoms with E-state index in [0.717, 1.165) is 12.7 Å². The fraction of sp³-hybridized carbons (Fsp3) is 0.615. The van der Waals surface area contributed by atoms with Gasteiger partial charge in [-0.3, -0.25) is 0 Å². The number of allylic oxidation sites excluding steroid dienone is 4. The van der Waals surface area contributed by atoms with Gasteiger partial charge in [0.15, 0.2) is 0 Å². The third kappa shape index (κ3) is 2.57. The fourth-order valence-electron chi connectivity index (χ4n) is 2.05. The summed E-state index contributed by atoms with van der Waals surface area (Å²) < 4.78 is 0. The van der Waals surface area contributed by atoms with Gasteiger partial charge >= 0.3 is 0 Å². The van der Waals surface area contributed by atoms with Crippen molar-refractivity contribution >= 4 is 6.29 Å². The molecule has 0 aromatic rings. The summed E-state index contributed by atoms with van der Waals surface area (Å²) in [5.41, 5.74) is 2.71. The first-order chi connectivity index (χ1) is 6.54. The highest BCUT2D eigenvalue weighted by molar-refractivity contribution is 5.56. The van der Waals surface area contributed by atoms with Crippen LogP contribution in [0.15, 0.2) is 23.3 Å². The molecule has 1 aliphatic carbocycles. The summed E-state index contributed by atoms with van der Waals surface area (Å²) in [5, 5.41) is 0. The van der Waals surface area contributed by atoms with Crippen LogP contribution in [0.2, 0.25) is 0 Å². The minimum Gasteiger partial charge on any atom is -0.303 e. The molecule has 0 aromatic heterocycles. The Morgan fingerprint density at radius 3 is 2.64 bits per heavy atom. The van der Waals surface area contributed by atoms with Gasteiger partial charge in [-0.1, -0.05) is 30.2 Å². The number of carbonyl (C=O) groups excluding carboxylic acids is 1. The molecule has 0 heterocycles. The minimum absolute atomic E-state index is 0.184. The molecule has 14 heavy (non-hydrogen) atoms. The molecule has 0 aliphatic heterocycles. The number of rotatable bonds is 2. The Balaban J connectivity index is 2.90. The quantitative estimate of drug-likeness (QED) is 0.484. The van der Waals surface area contributed by atoms with Crippen LogP contribution in [0.5, 0.6) is 0 Å². The molecule has 0 aromatic carbocycles. The maximum absolute atomic E-state index is 10.9. The molecule has 1 aliphatic rings. The molecule has 0 bridgehead atoms. The normalized spacial score (nSPS) is 32.0. The van der Waals surface area contributed by atoms with Gasteiger partial charge < -0.3 is 4.79 Å². The van der Waals surface area contributed by atoms with E-state index in [9.17, 15) is 4.79 Å². The van der Waals surface area contributed by atoms with Crippen LogP contribution in [0, 0.1) is 17.8 Å². The van der Waals surface area contributed by atoms with Gasteiger partial charge in [0, 0.05) is 11.8 Å². The monoisotopic (exact) mass is 192 g/mol. The summed E-state index contributed by atoms with van der Waals surface area (Å²) in [6.45, 7) is 8.53. The van der Waals surface area contributed by atoms with Crippen molar-refractivity contribution in [3.63, 3.8) is 0 Å². The first-order valence-corrected chi connectivity index (χ1v) is 5.33. The fourth-order valence-corrected chi connectivity index (χ4v) is 2.05. The Labute approximate surface area is 86.9 Å². The van der Waals surface area contributed by atoms with Crippen molar-refractivity contribution in [3.8, 4) is 0 Å². The van der Waals surface area contributed by atoms with Gasteiger partial charge in [-0.2, -0.15) is 0 Å². The molecule has 0 saturated carbocycles. The Morgan fingerprint density at radius 1 is 1.50 bits per heavy atom. The first-order valence-electron chi connectivity index (χ1n) is 5.33. The summed E-state index contributed by atoms with van der Waals surface area (Å²) in [6.07, 6.45) is 6.57. The zero-order valence-corrected chi connectivity index (χ0v) is 9.58. The third-order valence-corrected chi connectivity index (χ3v) is 3.05. The molecule has 3 atom stereocenters. The van der Waals surface area contributed by atoms with Crippen LogP contribution >= 0.6 is 0 Å². The van der Waals surface area contributed by atoms with E-state index in [2.05, 4.69) is 39.8 Å². The van der Waals surface area contributed by atoms with Gasteiger partial charge in [-0.15, -0.1) is 0 Å². The molecule has 0 N–H and O–H groups in total. The minimum atomic E-state index is 0.184. The van der Waals surface area contributed by atoms with Crippen molar-refractivity contribution in [2.45, 2.75) is 34.1 Å². The van der Waals surface area contributed by atoms with Crippen LogP contribution in [-0.4, -0.2) is 6.29 Å². The highest BCUT2D eigenvalue weighted by atomic mass is 16.1. The summed E-state index contributed by atoms with van der Waals surface area (Å²) in [4.78, 5) is 10.9. The molecular formula is C13H20O. The van der Waals surface area contributed by atoms with Gasteiger partial charge in [0.1, 0.15) is 6.29 Å². The smallest absolute Gasteiger partial charge is 0.123 e. The van der Waals surface area contributed by atoms with Crippen LogP contribution in [0.3, 0.4) is 0 Å². The predicted octanol–water partition coefficient (Wildman–Crippen LogP) is 3.37. The van der Waals surface area contributed by atoms with E-state index in [1.165, 1.54) is 11.1 Å². The lowest BCUT2D eigenvalue weighted by Gasteiger charge is -2.28. The van der Waals surface area contributed by atoms with Gasteiger partial charge in [0.25, 0.3) is 0 Å². The molecule has 78 valence electrons. The Bertz CT molecular complexity index is 269. The average Bonchev–Trinajstić information content (AvgIpc) is 2.10. The lowest BCUT2D eigenvalue weighted by atomic mass is 9.76.